The van der Waals surface area contributed by atoms with Gasteiger partial charge in [0.25, 0.3) is 0 Å². The standard InChI is InChI=1S/2C12H24O.2C10H20O.2C8H18O2.C8H16O2.C8H18.C7H14O2.C7H16.C6H14.C6H12.C5H10.C5H12.C5H10.3C4H10.2C4H8/c1-5-9(2)10-6-7-12(3,4)11(13)8-10;1-5-9(2)11-6-7-12(4,13)10(3)8-11;1-3-4-9-5-6-10(11)8(2)7-9;1-3-4-9-6-5-8(2)10(11)7-9;1-3-4-5-10-7-8(2)6-9;1-3-5-6-10-7-8(9)4-2;1-3-5-7-10-8(9)6-4-2;1-3-5-7-8-6-4-2;1-3-5-6-9-7(8)4-2;1-3-5-7-6-4-2;2*1-3-5-6-4-2;1-4-5(2)3;2*1-3-5-4-2;2*1-4(2)3;3*1-3-4-2/h2*9-11,13H,5-8H2,1-4H3;2*8-11H,3-7H2,1-2H3;2*8-9H,3-7H2,1-2H3;3-7H2,1-2H3;3-8H2,1-2H3;3-6H2,1-2H3;3-7H2,1-2H3;3-6H2,1-2H3;3,5H,4,6H2,1-2H3;4H,1-3H3;3-5H2,1-2H3;3,5H,4H2,1-2H3;2*4H,1-3H3;3-4H2,1-2H3;2*3-4H,1-2H3/b;;;;;;;;;;;5-3+;;;;;;;;. The van der Waals surface area contributed by atoms with Gasteiger partial charge in [0.15, 0.2) is 0 Å². The summed E-state index contributed by atoms with van der Waals surface area (Å²) in [5.74, 6) is 8.29. The fourth-order valence-electron chi connectivity index (χ4n) is 14.1. The van der Waals surface area contributed by atoms with E-state index in [0.717, 1.165) is 150 Å². The van der Waals surface area contributed by atoms with Gasteiger partial charge in [-0.1, -0.05) is 522 Å². The Morgan fingerprint density at radius 3 is 1.01 bits per heavy atom. The Kier molecular flexibility index (Phi) is 190. The number of carbonyl (C=O) groups excluding carboxylic acids is 2. The van der Waals surface area contributed by atoms with Crippen molar-refractivity contribution in [2.24, 2.45) is 76.4 Å². The Bertz CT molecular complexity index is 2300. The molecular weight excluding hydrogens is 1840 g/mol. The molecule has 0 bridgehead atoms. The third-order valence-corrected chi connectivity index (χ3v) is 26.4. The third-order valence-electron chi connectivity index (χ3n) is 26.4. The van der Waals surface area contributed by atoms with Crippen LogP contribution in [-0.4, -0.2) is 119 Å². The van der Waals surface area contributed by atoms with Crippen LogP contribution in [0, 0.1) is 76.4 Å². The van der Waals surface area contributed by atoms with Gasteiger partial charge in [0.1, 0.15) is 0 Å². The van der Waals surface area contributed by atoms with Gasteiger partial charge in [-0.3, -0.25) is 9.59 Å². The first-order valence-electron chi connectivity index (χ1n) is 64.1. The van der Waals surface area contributed by atoms with Gasteiger partial charge in [-0.25, -0.2) is 0 Å². The van der Waals surface area contributed by atoms with E-state index in [-0.39, 0.29) is 54.3 Å². The molecule has 6 N–H and O–H groups in total. The fraction of sp³-hybridized carbons (Fsp3) is 0.912. The molecule has 4 fully saturated rings. The van der Waals surface area contributed by atoms with Gasteiger partial charge < -0.3 is 49.6 Å². The summed E-state index contributed by atoms with van der Waals surface area (Å²) in [6.45, 7) is 105. The number of unbranched alkanes of at least 4 members (excludes halogenated alkanes) is 20. The first-order chi connectivity index (χ1) is 70.6. The number of aliphatic hydroxyl groups is 6. The van der Waals surface area contributed by atoms with Crippen molar-refractivity contribution in [3.8, 4) is 0 Å². The fourth-order valence-corrected chi connectivity index (χ4v) is 14.1. The molecule has 0 radical (unpaired) electrons. The summed E-state index contributed by atoms with van der Waals surface area (Å²) in [6, 6.07) is 0. The summed E-state index contributed by atoms with van der Waals surface area (Å²) in [5, 5.41) is 56.6. The van der Waals surface area contributed by atoms with Crippen LogP contribution in [0.25, 0.3) is 0 Å². The van der Waals surface area contributed by atoms with Crippen molar-refractivity contribution in [3.05, 3.63) is 60.3 Å². The molecular formula is C137H292O12. The molecule has 12 heteroatoms. The topological polar surface area (TPSA) is 192 Å². The highest BCUT2D eigenvalue weighted by atomic mass is 16.5. The summed E-state index contributed by atoms with van der Waals surface area (Å²) in [7, 11) is 0. The Morgan fingerprint density at radius 1 is 0.369 bits per heavy atom. The van der Waals surface area contributed by atoms with Crippen molar-refractivity contribution in [2.45, 2.75) is 696 Å². The van der Waals surface area contributed by atoms with Crippen molar-refractivity contribution in [2.75, 3.05) is 46.2 Å². The van der Waals surface area contributed by atoms with E-state index >= 15 is 0 Å². The summed E-state index contributed by atoms with van der Waals surface area (Å²) in [5.41, 5.74) is 1.14. The lowest BCUT2D eigenvalue weighted by Gasteiger charge is -2.41. The molecule has 0 spiro atoms. The maximum absolute atomic E-state index is 10.7. The van der Waals surface area contributed by atoms with Crippen LogP contribution >= 0.6 is 0 Å². The van der Waals surface area contributed by atoms with Gasteiger partial charge >= 0.3 is 11.9 Å². The van der Waals surface area contributed by atoms with Gasteiger partial charge in [0.05, 0.1) is 56.4 Å². The Balaban J connectivity index is -0.0000000903. The van der Waals surface area contributed by atoms with E-state index in [1.54, 1.807) is 6.92 Å². The molecule has 4 saturated carbocycles. The number of esters is 2. The zero-order chi connectivity index (χ0) is 119. The zero-order valence-electron chi connectivity index (χ0n) is 111. The van der Waals surface area contributed by atoms with Gasteiger partial charge in [0, 0.05) is 38.6 Å². The van der Waals surface area contributed by atoms with E-state index < -0.39 is 5.60 Å². The smallest absolute Gasteiger partial charge is 0.305 e. The average Bonchev–Trinajstić information content (AvgIpc) is 0.831. The molecule has 149 heavy (non-hydrogen) atoms. The number of aliphatic hydroxyl groups excluding tert-OH is 5. The molecule has 0 amide bonds. The monoisotopic (exact) mass is 2130 g/mol. The van der Waals surface area contributed by atoms with Crippen LogP contribution < -0.4 is 0 Å². The number of ether oxygens (including phenoxy) is 4. The molecule has 15 atom stereocenters. The van der Waals surface area contributed by atoms with Crippen LogP contribution in [0.15, 0.2) is 60.3 Å². The molecule has 12 nitrogen and oxygen atoms in total. The van der Waals surface area contributed by atoms with Crippen molar-refractivity contribution in [1.29, 1.82) is 0 Å². The predicted octanol–water partition coefficient (Wildman–Crippen LogP) is 44.2. The Morgan fingerprint density at radius 2 is 0.725 bits per heavy atom. The second kappa shape index (κ2) is 156. The summed E-state index contributed by atoms with van der Waals surface area (Å²) < 4.78 is 20.1. The largest absolute Gasteiger partial charge is 0.466 e. The molecule has 4 rings (SSSR count). The van der Waals surface area contributed by atoms with E-state index in [1.165, 1.54) is 243 Å². The summed E-state index contributed by atoms with van der Waals surface area (Å²) in [6.07, 6.45) is 82.8. The van der Waals surface area contributed by atoms with E-state index in [1.807, 2.05) is 93.5 Å². The molecule has 0 aromatic carbocycles. The Labute approximate surface area is 944 Å². The highest BCUT2D eigenvalue weighted by Crippen LogP contribution is 2.43. The molecule has 912 valence electrons. The molecule has 0 aromatic rings. The quantitative estimate of drug-likeness (QED) is 0.0192. The summed E-state index contributed by atoms with van der Waals surface area (Å²) in [4.78, 5) is 21.2. The lowest BCUT2D eigenvalue weighted by molar-refractivity contribution is -0.144. The number of rotatable bonds is 47. The first kappa shape index (κ1) is 182. The Hall–Kier alpha value is -2.68. The summed E-state index contributed by atoms with van der Waals surface area (Å²) >= 11 is 0. The zero-order valence-corrected chi connectivity index (χ0v) is 111. The molecule has 0 aromatic heterocycles. The van der Waals surface area contributed by atoms with E-state index in [2.05, 4.69) is 280 Å². The minimum Gasteiger partial charge on any atom is -0.466 e. The number of hydrogen-bond acceptors (Lipinski definition) is 12. The van der Waals surface area contributed by atoms with Crippen molar-refractivity contribution in [3.63, 3.8) is 0 Å². The minimum absolute atomic E-state index is 0.0110. The average molecular weight is 2130 g/mol. The van der Waals surface area contributed by atoms with Gasteiger partial charge in [-0.05, 0) is 262 Å². The minimum atomic E-state index is -0.399. The van der Waals surface area contributed by atoms with Gasteiger partial charge in [-0.15, -0.1) is 0 Å². The lowest BCUT2D eigenvalue weighted by Crippen LogP contribution is -2.39. The predicted molar refractivity (Wildman–Crippen MR) is 680 cm³/mol. The van der Waals surface area contributed by atoms with Crippen LogP contribution in [0.5, 0.6) is 0 Å². The SMILES string of the molecule is C/C=C/CCC.CC(C)C.CC(C)C.CC=C(C)C.CC=CC.CC=CC.CC=CCC.CCC(C)C1CCC(C)(C)C(O)C1.CCC(C)C1CCC(C)(O)C(C)C1.CCCC.CCCC1CCC(C)C(O)C1.CCCC1CCC(O)C(C)C1.CCCCC.CCCCCC.CCCCCCC.CCCCCCCC.CCCCOC(=O)CC.CCCCOC(=O)CCC.CCCCOCC(C)CO.CCCCOCC(O)CC. The molecule has 4 aliphatic rings. The van der Waals surface area contributed by atoms with Crippen molar-refractivity contribution in [1.82, 2.24) is 0 Å². The number of carbonyl (C=O) groups is 2. The van der Waals surface area contributed by atoms with Gasteiger partial charge in [0.2, 0.25) is 0 Å². The van der Waals surface area contributed by atoms with Crippen LogP contribution in [0.4, 0.5) is 0 Å². The number of hydrogen-bond donors (Lipinski definition) is 6. The van der Waals surface area contributed by atoms with Crippen molar-refractivity contribution < 1.29 is 59.2 Å². The van der Waals surface area contributed by atoms with Gasteiger partial charge in [-0.2, -0.15) is 0 Å². The lowest BCUT2D eigenvalue weighted by atomic mass is 9.67. The van der Waals surface area contributed by atoms with Crippen molar-refractivity contribution >= 4 is 11.9 Å². The highest BCUT2D eigenvalue weighted by Gasteiger charge is 2.38. The third kappa shape index (κ3) is 181. The maximum atomic E-state index is 10.7. The van der Waals surface area contributed by atoms with E-state index in [0.29, 0.717) is 57.0 Å². The van der Waals surface area contributed by atoms with Crippen LogP contribution in [0.2, 0.25) is 0 Å². The maximum Gasteiger partial charge on any atom is 0.305 e. The normalized spacial score (nSPS) is 19.4. The highest BCUT2D eigenvalue weighted by molar-refractivity contribution is 5.69. The number of allylic oxidation sites excluding steroid dienone is 10. The van der Waals surface area contributed by atoms with Crippen LogP contribution in [-0.2, 0) is 28.5 Å². The molecule has 0 heterocycles. The second-order valence-corrected chi connectivity index (χ2v) is 45.1. The molecule has 4 aliphatic carbocycles. The molecule has 0 saturated heterocycles. The molecule has 15 unspecified atom stereocenters. The second-order valence-electron chi connectivity index (χ2n) is 45.1. The van der Waals surface area contributed by atoms with Crippen LogP contribution in [0.1, 0.15) is 666 Å². The van der Waals surface area contributed by atoms with E-state index in [9.17, 15) is 30.0 Å². The first-order valence-corrected chi connectivity index (χ1v) is 64.1. The van der Waals surface area contributed by atoms with E-state index in [4.69, 9.17) is 29.2 Å². The molecule has 0 aliphatic heterocycles. The van der Waals surface area contributed by atoms with Crippen LogP contribution in [0.3, 0.4) is 0 Å².